The molecule has 0 amide bonds. The van der Waals surface area contributed by atoms with Crippen LogP contribution in [0.5, 0.6) is 0 Å². The fraction of sp³-hybridized carbons (Fsp3) is 0.125. The summed E-state index contributed by atoms with van der Waals surface area (Å²) in [5.41, 5.74) is 0. The Morgan fingerprint density at radius 3 is 2.50 bits per heavy atom. The molecule has 0 saturated heterocycles. The first-order valence-corrected chi connectivity index (χ1v) is 2.95. The van der Waals surface area contributed by atoms with Gasteiger partial charge in [0.1, 0.15) is 12.0 Å². The van der Waals surface area contributed by atoms with Crippen molar-refractivity contribution in [2.45, 2.75) is 6.92 Å². The molecule has 0 bridgehead atoms. The van der Waals surface area contributed by atoms with Gasteiger partial charge in [0, 0.05) is 0 Å². The molecule has 0 fully saturated rings. The van der Waals surface area contributed by atoms with Gasteiger partial charge in [-0.3, -0.25) is 4.79 Å². The molecule has 0 atom stereocenters. The summed E-state index contributed by atoms with van der Waals surface area (Å²) in [4.78, 5) is 9.72. The Morgan fingerprint density at radius 1 is 1.30 bits per heavy atom. The highest BCUT2D eigenvalue weighted by Gasteiger charge is 1.75. The largest absolute Gasteiger partial charge is 0.508 e. The van der Waals surface area contributed by atoms with Crippen molar-refractivity contribution in [3.05, 3.63) is 36.1 Å². The Bertz CT molecular complexity index is 176. The average Bonchev–Trinajstić information content (AvgIpc) is 1.98. The van der Waals surface area contributed by atoms with Crippen LogP contribution in [0.3, 0.4) is 0 Å². The summed E-state index contributed by atoms with van der Waals surface area (Å²) in [5.74, 6) is 0.190. The van der Waals surface area contributed by atoms with E-state index in [4.69, 9.17) is 5.11 Å². The lowest BCUT2D eigenvalue weighted by Crippen LogP contribution is -1.68. The van der Waals surface area contributed by atoms with Gasteiger partial charge in [-0.25, -0.2) is 0 Å². The highest BCUT2D eigenvalue weighted by atomic mass is 16.3. The molecular formula is C8H10O2. The maximum atomic E-state index is 9.72. The Labute approximate surface area is 60.2 Å². The smallest absolute Gasteiger partial charge is 0.142 e. The number of aliphatic hydroxyl groups excluding tert-OH is 1. The normalized spacial score (nSPS) is 13.1. The molecule has 10 heavy (non-hydrogen) atoms. The minimum Gasteiger partial charge on any atom is -0.508 e. The summed E-state index contributed by atoms with van der Waals surface area (Å²) in [6.07, 6.45) is 8.22. The van der Waals surface area contributed by atoms with E-state index in [2.05, 4.69) is 0 Å². The molecular weight excluding hydrogens is 128 g/mol. The van der Waals surface area contributed by atoms with E-state index in [1.54, 1.807) is 25.2 Å². The lowest BCUT2D eigenvalue weighted by molar-refractivity contribution is -0.104. The van der Waals surface area contributed by atoms with Crippen molar-refractivity contribution < 1.29 is 9.90 Å². The van der Waals surface area contributed by atoms with Crippen LogP contribution in [0.15, 0.2) is 36.1 Å². The van der Waals surface area contributed by atoms with E-state index in [9.17, 15) is 4.79 Å². The van der Waals surface area contributed by atoms with E-state index in [0.717, 1.165) is 0 Å². The third kappa shape index (κ3) is 4.84. The summed E-state index contributed by atoms with van der Waals surface area (Å²) >= 11 is 0. The molecule has 54 valence electrons. The van der Waals surface area contributed by atoms with Gasteiger partial charge in [0.25, 0.3) is 0 Å². The Kier molecular flexibility index (Phi) is 5.06. The molecule has 2 heteroatoms. The molecule has 1 N–H and O–H groups in total. The predicted molar refractivity (Wildman–Crippen MR) is 40.7 cm³/mol. The molecule has 0 saturated carbocycles. The van der Waals surface area contributed by atoms with Crippen LogP contribution in [0.2, 0.25) is 0 Å². The van der Waals surface area contributed by atoms with Gasteiger partial charge in [-0.15, -0.1) is 0 Å². The van der Waals surface area contributed by atoms with E-state index in [1.165, 1.54) is 12.2 Å². The van der Waals surface area contributed by atoms with E-state index in [0.29, 0.717) is 6.29 Å². The number of aldehydes is 1. The second-order valence-corrected chi connectivity index (χ2v) is 1.59. The van der Waals surface area contributed by atoms with E-state index in [1.807, 2.05) is 0 Å². The molecule has 0 radical (unpaired) electrons. The van der Waals surface area contributed by atoms with Crippen LogP contribution in [0.1, 0.15) is 6.92 Å². The van der Waals surface area contributed by atoms with Gasteiger partial charge >= 0.3 is 0 Å². The zero-order chi connectivity index (χ0) is 7.82. The molecule has 0 aromatic heterocycles. The number of carbonyl (C=O) groups is 1. The van der Waals surface area contributed by atoms with Gasteiger partial charge < -0.3 is 5.11 Å². The van der Waals surface area contributed by atoms with Gasteiger partial charge in [-0.05, 0) is 25.2 Å². The molecule has 2 nitrogen and oxygen atoms in total. The van der Waals surface area contributed by atoms with Gasteiger partial charge in [-0.2, -0.15) is 0 Å². The Morgan fingerprint density at radius 2 is 2.00 bits per heavy atom. The number of hydrogen-bond acceptors (Lipinski definition) is 2. The summed E-state index contributed by atoms with van der Waals surface area (Å²) in [5, 5.41) is 8.81. The third-order valence-electron chi connectivity index (χ3n) is 0.864. The zero-order valence-electron chi connectivity index (χ0n) is 5.82. The molecule has 0 heterocycles. The number of rotatable bonds is 3. The number of hydrogen-bond donors (Lipinski definition) is 1. The second kappa shape index (κ2) is 5.82. The minimum atomic E-state index is 0.190. The van der Waals surface area contributed by atoms with Crippen LogP contribution in [0.4, 0.5) is 0 Å². The summed E-state index contributed by atoms with van der Waals surface area (Å²) in [6.45, 7) is 1.73. The van der Waals surface area contributed by atoms with Crippen molar-refractivity contribution in [3.63, 3.8) is 0 Å². The highest BCUT2D eigenvalue weighted by molar-refractivity contribution is 5.65. The molecule has 0 aliphatic rings. The highest BCUT2D eigenvalue weighted by Crippen LogP contribution is 1.88. The van der Waals surface area contributed by atoms with Crippen LogP contribution in [-0.2, 0) is 4.79 Å². The van der Waals surface area contributed by atoms with E-state index < -0.39 is 0 Å². The van der Waals surface area contributed by atoms with Gasteiger partial charge in [0.05, 0.1) is 0 Å². The van der Waals surface area contributed by atoms with Crippen molar-refractivity contribution in [1.82, 2.24) is 0 Å². The maximum absolute atomic E-state index is 9.72. The Hall–Kier alpha value is -1.31. The van der Waals surface area contributed by atoms with Crippen molar-refractivity contribution >= 4 is 6.29 Å². The maximum Gasteiger partial charge on any atom is 0.142 e. The number of allylic oxidation sites excluding steroid dienone is 5. The van der Waals surface area contributed by atoms with Gasteiger partial charge in [0.15, 0.2) is 0 Å². The van der Waals surface area contributed by atoms with Crippen LogP contribution in [-0.4, -0.2) is 11.4 Å². The number of aliphatic hydroxyl groups is 1. The summed E-state index contributed by atoms with van der Waals surface area (Å²) in [7, 11) is 0. The third-order valence-corrected chi connectivity index (χ3v) is 0.864. The van der Waals surface area contributed by atoms with Crippen LogP contribution >= 0.6 is 0 Å². The summed E-state index contributed by atoms with van der Waals surface area (Å²) < 4.78 is 0. The standard InChI is InChI=1S/C8H10O2/c1-2-8(10)6-4-3-5-7-9/h2-7,10H,1H3/b5-3+,6-4-,8-2+. The number of carbonyl (C=O) groups excluding carboxylic acids is 1. The van der Waals surface area contributed by atoms with Crippen molar-refractivity contribution in [1.29, 1.82) is 0 Å². The fourth-order valence-electron chi connectivity index (χ4n) is 0.360. The second-order valence-electron chi connectivity index (χ2n) is 1.59. The molecule has 0 unspecified atom stereocenters. The van der Waals surface area contributed by atoms with Gasteiger partial charge in [-0.1, -0.05) is 12.2 Å². The SMILES string of the molecule is C\C=C(O)/C=C\C=C\C=O. The molecule has 0 aliphatic heterocycles. The average molecular weight is 138 g/mol. The van der Waals surface area contributed by atoms with Gasteiger partial charge in [0.2, 0.25) is 0 Å². The van der Waals surface area contributed by atoms with E-state index >= 15 is 0 Å². The first-order valence-electron chi connectivity index (χ1n) is 2.95. The molecule has 0 rings (SSSR count). The van der Waals surface area contributed by atoms with Crippen molar-refractivity contribution in [3.8, 4) is 0 Å². The minimum absolute atomic E-state index is 0.190. The monoisotopic (exact) mass is 138 g/mol. The van der Waals surface area contributed by atoms with E-state index in [-0.39, 0.29) is 5.76 Å². The topological polar surface area (TPSA) is 37.3 Å². The first-order chi connectivity index (χ1) is 4.81. The predicted octanol–water partition coefficient (Wildman–Crippen LogP) is 1.76. The quantitative estimate of drug-likeness (QED) is 0.279. The first kappa shape index (κ1) is 8.69. The molecule has 0 aromatic rings. The lowest BCUT2D eigenvalue weighted by atomic mass is 10.4. The molecule has 0 spiro atoms. The van der Waals surface area contributed by atoms with Crippen LogP contribution in [0, 0.1) is 0 Å². The fourth-order valence-corrected chi connectivity index (χ4v) is 0.360. The zero-order valence-corrected chi connectivity index (χ0v) is 5.82. The van der Waals surface area contributed by atoms with Crippen molar-refractivity contribution in [2.24, 2.45) is 0 Å². The van der Waals surface area contributed by atoms with Crippen LogP contribution in [0.25, 0.3) is 0 Å². The molecule has 0 aromatic carbocycles. The Balaban J connectivity index is 3.77. The van der Waals surface area contributed by atoms with Crippen LogP contribution < -0.4 is 0 Å². The molecule has 0 aliphatic carbocycles. The lowest BCUT2D eigenvalue weighted by Gasteiger charge is -1.82. The summed E-state index contributed by atoms with van der Waals surface area (Å²) in [6, 6.07) is 0. The van der Waals surface area contributed by atoms with Crippen molar-refractivity contribution in [2.75, 3.05) is 0 Å².